The molecule has 2 rings (SSSR count). The van der Waals surface area contributed by atoms with Gasteiger partial charge in [0.2, 0.25) is 0 Å². The molecule has 1 fully saturated rings. The minimum absolute atomic E-state index is 0.521. The van der Waals surface area contributed by atoms with Crippen molar-refractivity contribution in [2.24, 2.45) is 0 Å². The molecule has 1 saturated heterocycles. The number of halogens is 1. The summed E-state index contributed by atoms with van der Waals surface area (Å²) in [5.41, 5.74) is 0. The highest BCUT2D eigenvalue weighted by molar-refractivity contribution is 7.13. The maximum Gasteiger partial charge on any atom is 0.185 e. The Morgan fingerprint density at radius 1 is 1.70 bits per heavy atom. The summed E-state index contributed by atoms with van der Waals surface area (Å²) in [6.07, 6.45) is 1.11. The predicted molar refractivity (Wildman–Crippen MR) is 39.2 cm³/mol. The molecule has 0 aliphatic carbocycles. The molecule has 1 aromatic rings. The van der Waals surface area contributed by atoms with Gasteiger partial charge in [0, 0.05) is 11.6 Å². The minimum atomic E-state index is -0.635. The van der Waals surface area contributed by atoms with Crippen molar-refractivity contribution in [3.8, 4) is 0 Å². The van der Waals surface area contributed by atoms with Gasteiger partial charge in [-0.25, -0.2) is 9.37 Å². The monoisotopic (exact) mass is 158 g/mol. The van der Waals surface area contributed by atoms with Crippen LogP contribution in [-0.2, 0) is 0 Å². The molecule has 0 amide bonds. The van der Waals surface area contributed by atoms with E-state index >= 15 is 0 Å². The second-order valence-electron chi connectivity index (χ2n) is 2.32. The van der Waals surface area contributed by atoms with E-state index in [0.717, 1.165) is 5.13 Å². The highest BCUT2D eigenvalue weighted by atomic mass is 32.1. The molecular weight excluding hydrogens is 151 g/mol. The third-order valence-electron chi connectivity index (χ3n) is 1.53. The van der Waals surface area contributed by atoms with Gasteiger partial charge in [-0.15, -0.1) is 11.3 Å². The number of rotatable bonds is 1. The van der Waals surface area contributed by atoms with E-state index in [9.17, 15) is 4.39 Å². The summed E-state index contributed by atoms with van der Waals surface area (Å²) in [7, 11) is 0. The molecule has 4 heteroatoms. The van der Waals surface area contributed by atoms with Gasteiger partial charge in [0.25, 0.3) is 0 Å². The van der Waals surface area contributed by atoms with Gasteiger partial charge in [-0.05, 0) is 0 Å². The number of hydrogen-bond donors (Lipinski definition) is 0. The van der Waals surface area contributed by atoms with E-state index in [1.165, 1.54) is 0 Å². The summed E-state index contributed by atoms with van der Waals surface area (Å²) in [5.74, 6) is 0. The Bertz CT molecular complexity index is 206. The second-order valence-corrected chi connectivity index (χ2v) is 3.19. The Labute approximate surface area is 62.3 Å². The number of anilines is 1. The number of hydrogen-bond acceptors (Lipinski definition) is 3. The highest BCUT2D eigenvalue weighted by Gasteiger charge is 2.27. The molecule has 1 aliphatic rings. The van der Waals surface area contributed by atoms with Gasteiger partial charge in [-0.3, -0.25) is 0 Å². The quantitative estimate of drug-likeness (QED) is 0.612. The van der Waals surface area contributed by atoms with Crippen LogP contribution in [0.15, 0.2) is 11.6 Å². The zero-order valence-electron chi connectivity index (χ0n) is 5.33. The maximum atomic E-state index is 12.3. The fraction of sp³-hybridized carbons (Fsp3) is 0.500. The van der Waals surface area contributed by atoms with Crippen LogP contribution >= 0.6 is 11.3 Å². The molecule has 2 nitrogen and oxygen atoms in total. The molecule has 0 unspecified atom stereocenters. The van der Waals surface area contributed by atoms with Crippen LogP contribution in [-0.4, -0.2) is 24.2 Å². The molecule has 0 atom stereocenters. The summed E-state index contributed by atoms with van der Waals surface area (Å²) in [4.78, 5) is 5.99. The van der Waals surface area contributed by atoms with Crippen molar-refractivity contribution in [1.29, 1.82) is 0 Å². The van der Waals surface area contributed by atoms with E-state index in [1.54, 1.807) is 17.5 Å². The molecule has 0 saturated carbocycles. The molecule has 0 radical (unpaired) electrons. The summed E-state index contributed by atoms with van der Waals surface area (Å²) in [6.45, 7) is 1.04. The van der Waals surface area contributed by atoms with Gasteiger partial charge in [0.05, 0.1) is 13.1 Å². The average Bonchev–Trinajstić information content (AvgIpc) is 2.31. The summed E-state index contributed by atoms with van der Waals surface area (Å²) < 4.78 is 12.3. The largest absolute Gasteiger partial charge is 0.342 e. The third-order valence-corrected chi connectivity index (χ3v) is 2.36. The van der Waals surface area contributed by atoms with Crippen LogP contribution in [0.2, 0.25) is 0 Å². The molecule has 54 valence electrons. The van der Waals surface area contributed by atoms with Crippen LogP contribution in [0.5, 0.6) is 0 Å². The standard InChI is InChI=1S/C6H7FN2S/c7-5-3-9(4-5)6-8-1-2-10-6/h1-2,5H,3-4H2. The summed E-state index contributed by atoms with van der Waals surface area (Å²) >= 11 is 1.56. The number of thiazole rings is 1. The van der Waals surface area contributed by atoms with Crippen molar-refractivity contribution < 1.29 is 4.39 Å². The Balaban J connectivity index is 2.04. The zero-order valence-corrected chi connectivity index (χ0v) is 6.14. The first-order valence-electron chi connectivity index (χ1n) is 3.15. The highest BCUT2D eigenvalue weighted by Crippen LogP contribution is 2.23. The van der Waals surface area contributed by atoms with Crippen LogP contribution in [0.3, 0.4) is 0 Å². The van der Waals surface area contributed by atoms with Gasteiger partial charge in [-0.2, -0.15) is 0 Å². The van der Waals surface area contributed by atoms with E-state index in [0.29, 0.717) is 13.1 Å². The van der Waals surface area contributed by atoms with Crippen molar-refractivity contribution in [2.45, 2.75) is 6.17 Å². The van der Waals surface area contributed by atoms with Gasteiger partial charge in [0.1, 0.15) is 6.17 Å². The van der Waals surface area contributed by atoms with Crippen LogP contribution in [0.4, 0.5) is 9.52 Å². The van der Waals surface area contributed by atoms with Crippen LogP contribution in [0.25, 0.3) is 0 Å². The van der Waals surface area contributed by atoms with E-state index < -0.39 is 6.17 Å². The average molecular weight is 158 g/mol. The molecular formula is C6H7FN2S. The summed E-state index contributed by atoms with van der Waals surface area (Å²) in [5, 5.41) is 2.84. The molecule has 0 N–H and O–H groups in total. The fourth-order valence-electron chi connectivity index (χ4n) is 0.953. The molecule has 0 spiro atoms. The Morgan fingerprint density at radius 3 is 3.00 bits per heavy atom. The van der Waals surface area contributed by atoms with Crippen molar-refractivity contribution in [2.75, 3.05) is 18.0 Å². The first-order chi connectivity index (χ1) is 4.86. The minimum Gasteiger partial charge on any atom is -0.342 e. The smallest absolute Gasteiger partial charge is 0.185 e. The van der Waals surface area contributed by atoms with Crippen LogP contribution in [0, 0.1) is 0 Å². The SMILES string of the molecule is FC1CN(c2nccs2)C1. The normalized spacial score (nSPS) is 19.1. The molecule has 1 aliphatic heterocycles. The number of nitrogens with zero attached hydrogens (tertiary/aromatic N) is 2. The number of alkyl halides is 1. The Morgan fingerprint density at radius 2 is 2.50 bits per heavy atom. The third kappa shape index (κ3) is 0.883. The molecule has 1 aromatic heterocycles. The van der Waals surface area contributed by atoms with Gasteiger partial charge in [-0.1, -0.05) is 0 Å². The van der Waals surface area contributed by atoms with Crippen molar-refractivity contribution >= 4 is 16.5 Å². The lowest BCUT2D eigenvalue weighted by atomic mass is 10.2. The molecule has 2 heterocycles. The lowest BCUT2D eigenvalue weighted by Crippen LogP contribution is -2.48. The molecule has 10 heavy (non-hydrogen) atoms. The first-order valence-corrected chi connectivity index (χ1v) is 4.03. The first kappa shape index (κ1) is 6.09. The van der Waals surface area contributed by atoms with Crippen LogP contribution < -0.4 is 4.90 Å². The van der Waals surface area contributed by atoms with Crippen molar-refractivity contribution in [1.82, 2.24) is 4.98 Å². The van der Waals surface area contributed by atoms with E-state index in [4.69, 9.17) is 0 Å². The van der Waals surface area contributed by atoms with Crippen LogP contribution in [0.1, 0.15) is 0 Å². The molecule has 0 aromatic carbocycles. The fourth-order valence-corrected chi connectivity index (χ4v) is 1.62. The van der Waals surface area contributed by atoms with E-state index in [2.05, 4.69) is 4.98 Å². The predicted octanol–water partition coefficient (Wildman–Crippen LogP) is 1.30. The second kappa shape index (κ2) is 2.20. The van der Waals surface area contributed by atoms with Gasteiger partial charge >= 0.3 is 0 Å². The maximum absolute atomic E-state index is 12.3. The topological polar surface area (TPSA) is 16.1 Å². The Kier molecular flexibility index (Phi) is 1.34. The lowest BCUT2D eigenvalue weighted by molar-refractivity contribution is 0.274. The zero-order chi connectivity index (χ0) is 6.97. The van der Waals surface area contributed by atoms with E-state index in [1.807, 2.05) is 10.3 Å². The van der Waals surface area contributed by atoms with Crippen molar-refractivity contribution in [3.05, 3.63) is 11.6 Å². The van der Waals surface area contributed by atoms with Gasteiger partial charge < -0.3 is 4.90 Å². The van der Waals surface area contributed by atoms with Gasteiger partial charge in [0.15, 0.2) is 5.13 Å². The van der Waals surface area contributed by atoms with E-state index in [-0.39, 0.29) is 0 Å². The summed E-state index contributed by atoms with van der Waals surface area (Å²) in [6, 6.07) is 0. The lowest BCUT2D eigenvalue weighted by Gasteiger charge is -2.33. The molecule has 0 bridgehead atoms. The number of aromatic nitrogens is 1. The Hall–Kier alpha value is -0.640. The van der Waals surface area contributed by atoms with Crippen molar-refractivity contribution in [3.63, 3.8) is 0 Å².